The van der Waals surface area contributed by atoms with Gasteiger partial charge in [-0.05, 0) is 26.6 Å². The zero-order chi connectivity index (χ0) is 7.28. The molecule has 0 N–H and O–H groups in total. The Morgan fingerprint density at radius 2 is 2.00 bits per heavy atom. The molecule has 0 aromatic heterocycles. The molecule has 9 heavy (non-hydrogen) atoms. The van der Waals surface area contributed by atoms with Crippen molar-refractivity contribution in [3.63, 3.8) is 0 Å². The van der Waals surface area contributed by atoms with Crippen LogP contribution >= 0.6 is 0 Å². The lowest BCUT2D eigenvalue weighted by Gasteiger charge is -1.82. The summed E-state index contributed by atoms with van der Waals surface area (Å²) in [4.78, 5) is 3.06. The van der Waals surface area contributed by atoms with Crippen molar-refractivity contribution in [2.24, 2.45) is 4.99 Å². The Labute approximate surface area is 54.6 Å². The molecule has 0 spiro atoms. The predicted octanol–water partition coefficient (Wildman–Crippen LogP) is 2.46. The highest BCUT2D eigenvalue weighted by atomic mass is 19.1. The van der Waals surface area contributed by atoms with Gasteiger partial charge in [-0.15, -0.1) is 0 Å². The molecule has 0 heterocycles. The van der Waals surface area contributed by atoms with E-state index in [4.69, 9.17) is 0 Å². The summed E-state index contributed by atoms with van der Waals surface area (Å²) in [7, 11) is 0. The summed E-state index contributed by atoms with van der Waals surface area (Å²) in [6.07, 6.45) is 2.92. The highest BCUT2D eigenvalue weighted by Crippen LogP contribution is 1.98. The van der Waals surface area contributed by atoms with Gasteiger partial charge in [-0.25, -0.2) is 4.99 Å². The van der Waals surface area contributed by atoms with Crippen molar-refractivity contribution >= 4 is 6.72 Å². The van der Waals surface area contributed by atoms with E-state index in [2.05, 4.69) is 11.7 Å². The van der Waals surface area contributed by atoms with Crippen LogP contribution in [-0.4, -0.2) is 6.72 Å². The minimum atomic E-state index is -0.545. The van der Waals surface area contributed by atoms with Gasteiger partial charge in [0, 0.05) is 0 Å². The first kappa shape index (κ1) is 8.08. The Balaban J connectivity index is 3.98. The van der Waals surface area contributed by atoms with E-state index in [1.165, 1.54) is 6.08 Å². The molecule has 0 saturated heterocycles. The molecule has 0 aliphatic heterocycles. The summed E-state index contributed by atoms with van der Waals surface area (Å²) in [5, 5.41) is 0. The van der Waals surface area contributed by atoms with Crippen molar-refractivity contribution in [2.45, 2.75) is 13.8 Å². The summed E-state index contributed by atoms with van der Waals surface area (Å²) in [5.74, 6) is -0.545. The molecule has 0 bridgehead atoms. The first-order chi connectivity index (χ1) is 4.16. The zero-order valence-corrected chi connectivity index (χ0v) is 5.69. The molecule has 0 atom stereocenters. The monoisotopic (exact) mass is 127 g/mol. The third-order valence-corrected chi connectivity index (χ3v) is 0.705. The minimum absolute atomic E-state index is 0.545. The topological polar surface area (TPSA) is 12.4 Å². The second kappa shape index (κ2) is 4.01. The highest BCUT2D eigenvalue weighted by molar-refractivity contribution is 5.28. The van der Waals surface area contributed by atoms with Crippen molar-refractivity contribution in [3.8, 4) is 0 Å². The molecule has 0 rings (SSSR count). The van der Waals surface area contributed by atoms with E-state index in [9.17, 15) is 4.39 Å². The van der Waals surface area contributed by atoms with Crippen LogP contribution in [0.4, 0.5) is 4.39 Å². The van der Waals surface area contributed by atoms with Crippen LogP contribution in [0.25, 0.3) is 0 Å². The average Bonchev–Trinajstić information content (AvgIpc) is 1.83. The van der Waals surface area contributed by atoms with Gasteiger partial charge in [0.1, 0.15) is 0 Å². The number of aliphatic imine (C=N–C) groups is 1. The number of rotatable bonds is 2. The first-order valence-electron chi connectivity index (χ1n) is 2.64. The molecule has 1 nitrogen and oxygen atoms in total. The smallest absolute Gasteiger partial charge is 0.212 e. The van der Waals surface area contributed by atoms with E-state index in [-0.39, 0.29) is 0 Å². The summed E-state index contributed by atoms with van der Waals surface area (Å²) in [6.45, 7) is 6.78. The number of hydrogen-bond donors (Lipinski definition) is 0. The highest BCUT2D eigenvalue weighted by Gasteiger charge is 1.80. The van der Waals surface area contributed by atoms with E-state index in [1.807, 2.05) is 13.8 Å². The lowest BCUT2D eigenvalue weighted by Crippen LogP contribution is -1.63. The Morgan fingerprint density at radius 1 is 1.44 bits per heavy atom. The van der Waals surface area contributed by atoms with Crippen molar-refractivity contribution in [3.05, 3.63) is 23.7 Å². The molecule has 0 unspecified atom stereocenters. The standard InChI is InChI=1S/C7H10FN/c1-6(2)4-5-7(8)9-3/h4-5H,3H2,1-2H3/b7-5-. The van der Waals surface area contributed by atoms with E-state index in [0.717, 1.165) is 5.57 Å². The fraction of sp³-hybridized carbons (Fsp3) is 0.286. The van der Waals surface area contributed by atoms with Gasteiger partial charge < -0.3 is 0 Å². The van der Waals surface area contributed by atoms with E-state index in [1.54, 1.807) is 6.08 Å². The second-order valence-electron chi connectivity index (χ2n) is 1.89. The Kier molecular flexibility index (Phi) is 3.60. The number of nitrogens with zero attached hydrogens (tertiary/aromatic N) is 1. The van der Waals surface area contributed by atoms with Gasteiger partial charge in [-0.1, -0.05) is 11.6 Å². The van der Waals surface area contributed by atoms with Crippen LogP contribution in [0, 0.1) is 0 Å². The molecule has 0 aromatic carbocycles. The summed E-state index contributed by atoms with van der Waals surface area (Å²) in [5.41, 5.74) is 1.04. The molecular formula is C7H10FN. The lowest BCUT2D eigenvalue weighted by molar-refractivity contribution is 0.630. The molecule has 50 valence electrons. The van der Waals surface area contributed by atoms with E-state index in [0.29, 0.717) is 0 Å². The maximum atomic E-state index is 12.1. The molecule has 2 heteroatoms. The van der Waals surface area contributed by atoms with Crippen LogP contribution in [0.5, 0.6) is 0 Å². The third kappa shape index (κ3) is 4.94. The minimum Gasteiger partial charge on any atom is -0.236 e. The van der Waals surface area contributed by atoms with Crippen LogP contribution in [0.1, 0.15) is 13.8 Å². The number of halogens is 1. The van der Waals surface area contributed by atoms with Crippen LogP contribution < -0.4 is 0 Å². The van der Waals surface area contributed by atoms with Gasteiger partial charge in [0.05, 0.1) is 0 Å². The molecule has 0 fully saturated rings. The molecule has 0 aliphatic rings. The van der Waals surface area contributed by atoms with Gasteiger partial charge in [0.2, 0.25) is 5.95 Å². The lowest BCUT2D eigenvalue weighted by atomic mass is 10.3. The summed E-state index contributed by atoms with van der Waals surface area (Å²) < 4.78 is 12.1. The molecule has 0 amide bonds. The fourth-order valence-corrected chi connectivity index (χ4v) is 0.288. The van der Waals surface area contributed by atoms with Crippen LogP contribution in [0.2, 0.25) is 0 Å². The van der Waals surface area contributed by atoms with Gasteiger partial charge in [-0.3, -0.25) is 0 Å². The fourth-order valence-electron chi connectivity index (χ4n) is 0.288. The molecular weight excluding hydrogens is 117 g/mol. The summed E-state index contributed by atoms with van der Waals surface area (Å²) in [6, 6.07) is 0. The molecule has 0 aromatic rings. The molecule has 0 radical (unpaired) electrons. The van der Waals surface area contributed by atoms with Crippen molar-refractivity contribution in [2.75, 3.05) is 0 Å². The quantitative estimate of drug-likeness (QED) is 0.307. The molecule has 0 aliphatic carbocycles. The van der Waals surface area contributed by atoms with Gasteiger partial charge in [0.15, 0.2) is 0 Å². The number of allylic oxidation sites excluding steroid dienone is 3. The van der Waals surface area contributed by atoms with E-state index >= 15 is 0 Å². The van der Waals surface area contributed by atoms with Gasteiger partial charge >= 0.3 is 0 Å². The van der Waals surface area contributed by atoms with Crippen molar-refractivity contribution in [1.82, 2.24) is 0 Å². The number of hydrogen-bond acceptors (Lipinski definition) is 1. The zero-order valence-electron chi connectivity index (χ0n) is 5.69. The SMILES string of the molecule is C=N/C(F)=C\C=C(C)C. The van der Waals surface area contributed by atoms with Crippen LogP contribution in [0.15, 0.2) is 28.7 Å². The van der Waals surface area contributed by atoms with E-state index < -0.39 is 5.95 Å². The van der Waals surface area contributed by atoms with Gasteiger partial charge in [0.25, 0.3) is 0 Å². The van der Waals surface area contributed by atoms with Crippen molar-refractivity contribution in [1.29, 1.82) is 0 Å². The van der Waals surface area contributed by atoms with Crippen LogP contribution in [-0.2, 0) is 0 Å². The predicted molar refractivity (Wildman–Crippen MR) is 38.2 cm³/mol. The third-order valence-electron chi connectivity index (χ3n) is 0.705. The maximum absolute atomic E-state index is 12.1. The Morgan fingerprint density at radius 3 is 2.33 bits per heavy atom. The van der Waals surface area contributed by atoms with Gasteiger partial charge in [-0.2, -0.15) is 4.39 Å². The van der Waals surface area contributed by atoms with Crippen LogP contribution in [0.3, 0.4) is 0 Å². The summed E-state index contributed by atoms with van der Waals surface area (Å²) >= 11 is 0. The molecule has 0 saturated carbocycles. The normalized spacial score (nSPS) is 10.8. The Bertz CT molecular complexity index is 152. The maximum Gasteiger partial charge on any atom is 0.212 e. The van der Waals surface area contributed by atoms with Crippen molar-refractivity contribution < 1.29 is 4.39 Å². The first-order valence-corrected chi connectivity index (χ1v) is 2.64. The Hall–Kier alpha value is -0.920. The second-order valence-corrected chi connectivity index (χ2v) is 1.89. The average molecular weight is 127 g/mol. The largest absolute Gasteiger partial charge is 0.236 e.